The van der Waals surface area contributed by atoms with Crippen LogP contribution >= 0.6 is 0 Å². The second-order valence-corrected chi connectivity index (χ2v) is 4.03. The molecule has 2 rings (SSSR count). The SMILES string of the molecule is COC(=O)c1cc(N)cc(C(=O)c2ccccc2)c1. The first-order chi connectivity index (χ1) is 9.11. The van der Waals surface area contributed by atoms with E-state index in [0.717, 1.165) is 0 Å². The summed E-state index contributed by atoms with van der Waals surface area (Å²) >= 11 is 0. The Balaban J connectivity index is 2.43. The lowest BCUT2D eigenvalue weighted by atomic mass is 10.0. The Morgan fingerprint density at radius 1 is 0.947 bits per heavy atom. The van der Waals surface area contributed by atoms with Crippen molar-refractivity contribution < 1.29 is 14.3 Å². The number of hydrogen-bond donors (Lipinski definition) is 1. The number of carbonyl (C=O) groups is 2. The molecule has 96 valence electrons. The highest BCUT2D eigenvalue weighted by atomic mass is 16.5. The van der Waals surface area contributed by atoms with Crippen molar-refractivity contribution >= 4 is 17.4 Å². The highest BCUT2D eigenvalue weighted by molar-refractivity contribution is 6.10. The van der Waals surface area contributed by atoms with Crippen molar-refractivity contribution in [2.24, 2.45) is 0 Å². The minimum atomic E-state index is -0.519. The maximum absolute atomic E-state index is 12.3. The van der Waals surface area contributed by atoms with E-state index in [1.807, 2.05) is 6.07 Å². The third-order valence-corrected chi connectivity index (χ3v) is 2.67. The van der Waals surface area contributed by atoms with E-state index in [2.05, 4.69) is 4.74 Å². The van der Waals surface area contributed by atoms with Gasteiger partial charge in [-0.1, -0.05) is 30.3 Å². The van der Waals surface area contributed by atoms with E-state index >= 15 is 0 Å². The largest absolute Gasteiger partial charge is 0.465 e. The lowest BCUT2D eigenvalue weighted by molar-refractivity contribution is 0.0601. The van der Waals surface area contributed by atoms with Crippen LogP contribution in [0.5, 0.6) is 0 Å². The summed E-state index contributed by atoms with van der Waals surface area (Å²) in [5, 5.41) is 0. The maximum atomic E-state index is 12.3. The van der Waals surface area contributed by atoms with Gasteiger partial charge in [0.25, 0.3) is 0 Å². The Kier molecular flexibility index (Phi) is 3.61. The lowest BCUT2D eigenvalue weighted by Gasteiger charge is -2.06. The molecular weight excluding hydrogens is 242 g/mol. The normalized spacial score (nSPS) is 9.95. The molecule has 4 nitrogen and oxygen atoms in total. The second-order valence-electron chi connectivity index (χ2n) is 4.03. The van der Waals surface area contributed by atoms with Crippen LogP contribution in [0.2, 0.25) is 0 Å². The lowest BCUT2D eigenvalue weighted by Crippen LogP contribution is -2.07. The van der Waals surface area contributed by atoms with E-state index in [1.165, 1.54) is 19.2 Å². The van der Waals surface area contributed by atoms with E-state index in [-0.39, 0.29) is 11.3 Å². The minimum absolute atomic E-state index is 0.182. The van der Waals surface area contributed by atoms with Crippen LogP contribution < -0.4 is 5.73 Å². The molecule has 4 heteroatoms. The molecule has 0 aliphatic heterocycles. The van der Waals surface area contributed by atoms with Gasteiger partial charge >= 0.3 is 5.97 Å². The molecule has 0 aromatic heterocycles. The van der Waals surface area contributed by atoms with Gasteiger partial charge in [-0.15, -0.1) is 0 Å². The van der Waals surface area contributed by atoms with Crippen molar-refractivity contribution in [3.05, 3.63) is 65.2 Å². The summed E-state index contributed by atoms with van der Waals surface area (Å²) in [5.41, 5.74) is 7.24. The number of nitrogens with two attached hydrogens (primary N) is 1. The Labute approximate surface area is 110 Å². The van der Waals surface area contributed by atoms with Crippen LogP contribution in [0, 0.1) is 0 Å². The molecule has 2 N–H and O–H groups in total. The minimum Gasteiger partial charge on any atom is -0.465 e. The molecule has 0 radical (unpaired) electrons. The van der Waals surface area contributed by atoms with Gasteiger partial charge in [-0.05, 0) is 18.2 Å². The molecule has 2 aromatic rings. The van der Waals surface area contributed by atoms with Crippen molar-refractivity contribution in [3.8, 4) is 0 Å². The summed E-state index contributed by atoms with van der Waals surface area (Å²) in [5.74, 6) is -0.701. The third-order valence-electron chi connectivity index (χ3n) is 2.67. The van der Waals surface area contributed by atoms with Gasteiger partial charge in [-0.2, -0.15) is 0 Å². The van der Waals surface area contributed by atoms with E-state index in [4.69, 9.17) is 5.73 Å². The van der Waals surface area contributed by atoms with Crippen LogP contribution in [-0.2, 0) is 4.74 Å². The predicted octanol–water partition coefficient (Wildman–Crippen LogP) is 2.29. The number of rotatable bonds is 3. The topological polar surface area (TPSA) is 69.4 Å². The summed E-state index contributed by atoms with van der Waals surface area (Å²) in [7, 11) is 1.28. The summed E-state index contributed by atoms with van der Waals surface area (Å²) in [6.07, 6.45) is 0. The predicted molar refractivity (Wildman–Crippen MR) is 72.1 cm³/mol. The third kappa shape index (κ3) is 2.80. The Bertz CT molecular complexity index is 621. The van der Waals surface area contributed by atoms with Crippen molar-refractivity contribution in [2.45, 2.75) is 0 Å². The van der Waals surface area contributed by atoms with Gasteiger partial charge in [0.15, 0.2) is 5.78 Å². The highest BCUT2D eigenvalue weighted by Gasteiger charge is 2.13. The number of nitrogen functional groups attached to an aromatic ring is 1. The van der Waals surface area contributed by atoms with Crippen LogP contribution in [0.3, 0.4) is 0 Å². The van der Waals surface area contributed by atoms with Crippen molar-refractivity contribution in [1.82, 2.24) is 0 Å². The zero-order valence-electron chi connectivity index (χ0n) is 10.4. The van der Waals surface area contributed by atoms with Crippen molar-refractivity contribution in [2.75, 3.05) is 12.8 Å². The smallest absolute Gasteiger partial charge is 0.337 e. The number of methoxy groups -OCH3 is 1. The Hall–Kier alpha value is -2.62. The fourth-order valence-corrected chi connectivity index (χ4v) is 1.77. The molecule has 0 atom stereocenters. The quantitative estimate of drug-likeness (QED) is 0.519. The van der Waals surface area contributed by atoms with Crippen LogP contribution in [0.15, 0.2) is 48.5 Å². The molecule has 2 aromatic carbocycles. The van der Waals surface area contributed by atoms with Crippen molar-refractivity contribution in [1.29, 1.82) is 0 Å². The Morgan fingerprint density at radius 2 is 1.58 bits per heavy atom. The fraction of sp³-hybridized carbons (Fsp3) is 0.0667. The zero-order valence-corrected chi connectivity index (χ0v) is 10.4. The molecule has 0 spiro atoms. The van der Waals surface area contributed by atoms with Gasteiger partial charge in [0.1, 0.15) is 0 Å². The molecule has 0 fully saturated rings. The Morgan fingerprint density at radius 3 is 2.21 bits per heavy atom. The van der Waals surface area contributed by atoms with Crippen molar-refractivity contribution in [3.63, 3.8) is 0 Å². The van der Waals surface area contributed by atoms with E-state index in [0.29, 0.717) is 16.8 Å². The molecule has 0 bridgehead atoms. The molecular formula is C15H13NO3. The van der Waals surface area contributed by atoms with Crippen LogP contribution in [0.1, 0.15) is 26.3 Å². The maximum Gasteiger partial charge on any atom is 0.337 e. The molecule has 0 unspecified atom stereocenters. The van der Waals surface area contributed by atoms with Gasteiger partial charge in [-0.3, -0.25) is 4.79 Å². The average Bonchev–Trinajstić information content (AvgIpc) is 2.45. The van der Waals surface area contributed by atoms with Crippen LogP contribution in [0.25, 0.3) is 0 Å². The molecule has 19 heavy (non-hydrogen) atoms. The zero-order chi connectivity index (χ0) is 13.8. The van der Waals surface area contributed by atoms with E-state index in [1.54, 1.807) is 30.3 Å². The number of anilines is 1. The van der Waals surface area contributed by atoms with Gasteiger partial charge < -0.3 is 10.5 Å². The highest BCUT2D eigenvalue weighted by Crippen LogP contribution is 2.16. The molecule has 0 amide bonds. The summed E-state index contributed by atoms with van der Waals surface area (Å²) in [4.78, 5) is 23.7. The number of ether oxygens (including phenoxy) is 1. The second kappa shape index (κ2) is 5.35. The van der Waals surface area contributed by atoms with Gasteiger partial charge in [0.05, 0.1) is 12.7 Å². The monoisotopic (exact) mass is 255 g/mol. The first kappa shape index (κ1) is 12.8. The molecule has 0 saturated heterocycles. The number of hydrogen-bond acceptors (Lipinski definition) is 4. The summed E-state index contributed by atoms with van der Waals surface area (Å²) in [6.45, 7) is 0. The van der Waals surface area contributed by atoms with Crippen LogP contribution in [-0.4, -0.2) is 18.9 Å². The van der Waals surface area contributed by atoms with Gasteiger partial charge in [0, 0.05) is 16.8 Å². The molecule has 0 aliphatic rings. The number of carbonyl (C=O) groups excluding carboxylic acids is 2. The molecule has 0 saturated carbocycles. The average molecular weight is 255 g/mol. The van der Waals surface area contributed by atoms with Gasteiger partial charge in [-0.25, -0.2) is 4.79 Å². The number of benzene rings is 2. The molecule has 0 heterocycles. The van der Waals surface area contributed by atoms with E-state index in [9.17, 15) is 9.59 Å². The standard InChI is InChI=1S/C15H13NO3/c1-19-15(18)12-7-11(8-13(16)9-12)14(17)10-5-3-2-4-6-10/h2-9H,16H2,1H3. The first-order valence-corrected chi connectivity index (χ1v) is 5.70. The fourth-order valence-electron chi connectivity index (χ4n) is 1.77. The number of ketones is 1. The number of esters is 1. The summed E-state index contributed by atoms with van der Waals surface area (Å²) < 4.78 is 4.63. The van der Waals surface area contributed by atoms with E-state index < -0.39 is 5.97 Å². The summed E-state index contributed by atoms with van der Waals surface area (Å²) in [6, 6.07) is 13.3. The van der Waals surface area contributed by atoms with Gasteiger partial charge in [0.2, 0.25) is 0 Å². The molecule has 0 aliphatic carbocycles. The van der Waals surface area contributed by atoms with Crippen LogP contribution in [0.4, 0.5) is 5.69 Å². The first-order valence-electron chi connectivity index (χ1n) is 5.70.